The number of H-pyrrole nitrogens is 1. The molecule has 53 heavy (non-hydrogen) atoms. The predicted molar refractivity (Wildman–Crippen MR) is 210 cm³/mol. The molecule has 5 rings (SSSR count). The predicted octanol–water partition coefficient (Wildman–Crippen LogP) is 5.66. The molecule has 2 aliphatic heterocycles. The Balaban J connectivity index is 1.24. The maximum Gasteiger partial charge on any atom is 0.253 e. The van der Waals surface area contributed by atoms with Crippen LogP contribution in [0.3, 0.4) is 0 Å². The minimum Gasteiger partial charge on any atom is -0.381 e. The highest BCUT2D eigenvalue weighted by Gasteiger charge is 2.25. The number of benzene rings is 1. The molecule has 12 heteroatoms. The van der Waals surface area contributed by atoms with Crippen LogP contribution in [0.4, 0.5) is 11.5 Å². The summed E-state index contributed by atoms with van der Waals surface area (Å²) in [7, 11) is 0. The van der Waals surface area contributed by atoms with Gasteiger partial charge in [-0.2, -0.15) is 0 Å². The van der Waals surface area contributed by atoms with Crippen molar-refractivity contribution in [3.8, 4) is 11.1 Å². The first-order chi connectivity index (χ1) is 25.7. The molecule has 2 saturated heterocycles. The number of ether oxygens (including phenoxy) is 1. The molecule has 1 aromatic carbocycles. The second kappa shape index (κ2) is 19.7. The standard InChI is InChI=1S/C41H59N7O5/c1-5-48(34-15-22-53-23-16-34)37-26-33(25-35(31(37)4)40(50)43-28-36-29(2)24-30(3)44-41(36)51)32-13-14-38(42-27-32)47-20-18-46(19-21-47)17-11-9-7-6-8-10-12-39(49)45-52/h13-14,24-27,34,52H,5-12,15-23,28H2,1-4H3,(H,43,50)(H,44,51)(H,45,49). The van der Waals surface area contributed by atoms with Crippen molar-refractivity contribution < 1.29 is 19.5 Å². The molecular weight excluding hydrogens is 670 g/mol. The first-order valence-corrected chi connectivity index (χ1v) is 19.5. The molecule has 0 radical (unpaired) electrons. The van der Waals surface area contributed by atoms with E-state index >= 15 is 0 Å². The van der Waals surface area contributed by atoms with Crippen LogP contribution < -0.4 is 26.2 Å². The van der Waals surface area contributed by atoms with E-state index in [0.717, 1.165) is 124 Å². The van der Waals surface area contributed by atoms with E-state index in [-0.39, 0.29) is 23.9 Å². The monoisotopic (exact) mass is 729 g/mol. The third kappa shape index (κ3) is 10.9. The van der Waals surface area contributed by atoms with Crippen LogP contribution in [0, 0.1) is 20.8 Å². The van der Waals surface area contributed by atoms with Gasteiger partial charge < -0.3 is 24.8 Å². The number of piperazine rings is 1. The van der Waals surface area contributed by atoms with Crippen molar-refractivity contribution in [3.05, 3.63) is 74.8 Å². The van der Waals surface area contributed by atoms with Crippen LogP contribution in [0.5, 0.6) is 0 Å². The zero-order valence-electron chi connectivity index (χ0n) is 32.1. The van der Waals surface area contributed by atoms with Crippen molar-refractivity contribution in [2.45, 2.75) is 98.1 Å². The number of unbranched alkanes of at least 4 members (excludes halogenated alkanes) is 5. The smallest absolute Gasteiger partial charge is 0.253 e. The molecule has 3 aromatic rings. The van der Waals surface area contributed by atoms with E-state index in [1.807, 2.05) is 39.1 Å². The average Bonchev–Trinajstić information content (AvgIpc) is 3.17. The van der Waals surface area contributed by atoms with Crippen molar-refractivity contribution in [3.63, 3.8) is 0 Å². The summed E-state index contributed by atoms with van der Waals surface area (Å²) in [4.78, 5) is 52.8. The molecule has 0 bridgehead atoms. The SMILES string of the molecule is CCN(c1cc(-c2ccc(N3CCN(CCCCCCCCC(=O)NO)CC3)nc2)cc(C(=O)NCc2c(C)cc(C)[nH]c2=O)c1C)C1CCOCC1. The molecule has 4 heterocycles. The highest BCUT2D eigenvalue weighted by Crippen LogP contribution is 2.34. The van der Waals surface area contributed by atoms with Crippen LogP contribution in [0.15, 0.2) is 41.3 Å². The fraction of sp³-hybridized carbons (Fsp3) is 0.561. The Morgan fingerprint density at radius 1 is 0.962 bits per heavy atom. The molecular formula is C41H59N7O5. The lowest BCUT2D eigenvalue weighted by Crippen LogP contribution is -2.46. The number of pyridine rings is 2. The summed E-state index contributed by atoms with van der Waals surface area (Å²) in [5.41, 5.74) is 8.17. The van der Waals surface area contributed by atoms with Crippen molar-refractivity contribution in [1.82, 2.24) is 25.7 Å². The van der Waals surface area contributed by atoms with Crippen LogP contribution in [0.1, 0.15) is 97.5 Å². The Kier molecular flexibility index (Phi) is 14.9. The van der Waals surface area contributed by atoms with Gasteiger partial charge in [0.2, 0.25) is 5.91 Å². The Morgan fingerprint density at radius 2 is 1.68 bits per heavy atom. The van der Waals surface area contributed by atoms with Crippen LogP contribution in [-0.2, 0) is 16.1 Å². The summed E-state index contributed by atoms with van der Waals surface area (Å²) in [6, 6.07) is 10.6. The maximum atomic E-state index is 13.9. The van der Waals surface area contributed by atoms with Gasteiger partial charge in [-0.05, 0) is 107 Å². The first-order valence-electron chi connectivity index (χ1n) is 19.5. The van der Waals surface area contributed by atoms with Crippen molar-refractivity contribution in [2.75, 3.05) is 62.3 Å². The number of nitrogens with zero attached hydrogens (tertiary/aromatic N) is 4. The van der Waals surface area contributed by atoms with Crippen molar-refractivity contribution >= 4 is 23.3 Å². The zero-order chi connectivity index (χ0) is 37.7. The number of aryl methyl sites for hydroxylation is 2. The van der Waals surface area contributed by atoms with Gasteiger partial charge in [0, 0.05) is 99.2 Å². The second-order valence-electron chi connectivity index (χ2n) is 14.6. The Hall–Kier alpha value is -4.26. The normalized spacial score (nSPS) is 15.4. The van der Waals surface area contributed by atoms with E-state index in [2.05, 4.69) is 50.1 Å². The molecule has 4 N–H and O–H groups in total. The molecule has 2 amide bonds. The van der Waals surface area contributed by atoms with Crippen LogP contribution in [-0.4, -0.2) is 90.4 Å². The van der Waals surface area contributed by atoms with Crippen molar-refractivity contribution in [2.24, 2.45) is 0 Å². The number of nitrogens with one attached hydrogen (secondary N) is 3. The number of aromatic nitrogens is 2. The van der Waals surface area contributed by atoms with Gasteiger partial charge in [0.1, 0.15) is 5.82 Å². The summed E-state index contributed by atoms with van der Waals surface area (Å²) in [6.45, 7) is 15.3. The topological polar surface area (TPSA) is 143 Å². The highest BCUT2D eigenvalue weighted by atomic mass is 16.5. The molecule has 0 spiro atoms. The van der Waals surface area contributed by atoms with Crippen LogP contribution >= 0.6 is 0 Å². The third-order valence-electron chi connectivity index (χ3n) is 10.9. The summed E-state index contributed by atoms with van der Waals surface area (Å²) in [6.07, 6.45) is 10.7. The van der Waals surface area contributed by atoms with Gasteiger partial charge in [-0.25, -0.2) is 10.5 Å². The number of hydrogen-bond donors (Lipinski definition) is 4. The Bertz CT molecular complexity index is 1710. The molecule has 0 atom stereocenters. The average molecular weight is 730 g/mol. The fourth-order valence-corrected chi connectivity index (χ4v) is 7.72. The van der Waals surface area contributed by atoms with Gasteiger partial charge in [0.05, 0.1) is 0 Å². The van der Waals surface area contributed by atoms with E-state index in [9.17, 15) is 14.4 Å². The lowest BCUT2D eigenvalue weighted by molar-refractivity contribution is -0.129. The maximum absolute atomic E-state index is 13.9. The van der Waals surface area contributed by atoms with Gasteiger partial charge in [-0.15, -0.1) is 0 Å². The van der Waals surface area contributed by atoms with E-state index in [0.29, 0.717) is 23.6 Å². The molecule has 0 unspecified atom stereocenters. The number of aromatic amines is 1. The third-order valence-corrected chi connectivity index (χ3v) is 10.9. The summed E-state index contributed by atoms with van der Waals surface area (Å²) in [5.74, 6) is 0.450. The molecule has 2 aliphatic rings. The lowest BCUT2D eigenvalue weighted by Gasteiger charge is -2.37. The quantitative estimate of drug-likeness (QED) is 0.0787. The Labute approximate surface area is 314 Å². The number of carbonyl (C=O) groups is 2. The summed E-state index contributed by atoms with van der Waals surface area (Å²) < 4.78 is 5.68. The number of hydroxylamine groups is 1. The van der Waals surface area contributed by atoms with E-state index < -0.39 is 0 Å². The largest absolute Gasteiger partial charge is 0.381 e. The van der Waals surface area contributed by atoms with E-state index in [4.69, 9.17) is 14.9 Å². The molecule has 2 aromatic heterocycles. The second-order valence-corrected chi connectivity index (χ2v) is 14.6. The van der Waals surface area contributed by atoms with Crippen LogP contribution in [0.2, 0.25) is 0 Å². The minimum atomic E-state index is -0.304. The molecule has 0 saturated carbocycles. The first kappa shape index (κ1) is 39.9. The molecule has 0 aliphatic carbocycles. The van der Waals surface area contributed by atoms with Gasteiger partial charge in [-0.3, -0.25) is 24.5 Å². The van der Waals surface area contributed by atoms with Gasteiger partial charge in [0.15, 0.2) is 0 Å². The minimum absolute atomic E-state index is 0.148. The van der Waals surface area contributed by atoms with E-state index in [1.54, 1.807) is 5.48 Å². The van der Waals surface area contributed by atoms with Gasteiger partial charge >= 0.3 is 0 Å². The zero-order valence-corrected chi connectivity index (χ0v) is 32.1. The lowest BCUT2D eigenvalue weighted by atomic mass is 9.95. The molecule has 288 valence electrons. The molecule has 12 nitrogen and oxygen atoms in total. The van der Waals surface area contributed by atoms with E-state index in [1.165, 1.54) is 19.3 Å². The number of anilines is 2. The van der Waals surface area contributed by atoms with Gasteiger partial charge in [0.25, 0.3) is 11.5 Å². The number of carbonyl (C=O) groups excluding carboxylic acids is 2. The Morgan fingerprint density at radius 3 is 2.34 bits per heavy atom. The fourth-order valence-electron chi connectivity index (χ4n) is 7.72. The highest BCUT2D eigenvalue weighted by molar-refractivity contribution is 5.99. The summed E-state index contributed by atoms with van der Waals surface area (Å²) in [5, 5.41) is 11.6. The number of rotatable bonds is 17. The molecule has 2 fully saturated rings. The number of hydrogen-bond acceptors (Lipinski definition) is 9. The van der Waals surface area contributed by atoms with Crippen molar-refractivity contribution in [1.29, 1.82) is 0 Å². The van der Waals surface area contributed by atoms with Crippen LogP contribution in [0.25, 0.3) is 11.1 Å². The number of amides is 2. The van der Waals surface area contributed by atoms with Gasteiger partial charge in [-0.1, -0.05) is 25.7 Å². The summed E-state index contributed by atoms with van der Waals surface area (Å²) >= 11 is 0.